The van der Waals surface area contributed by atoms with Gasteiger partial charge in [-0.1, -0.05) is 13.8 Å². The van der Waals surface area contributed by atoms with Crippen molar-refractivity contribution in [1.82, 2.24) is 9.55 Å². The molecule has 4 nitrogen and oxygen atoms in total. The van der Waals surface area contributed by atoms with E-state index in [9.17, 15) is 9.59 Å². The summed E-state index contributed by atoms with van der Waals surface area (Å²) in [6, 6.07) is 0. The van der Waals surface area contributed by atoms with Gasteiger partial charge in [0.15, 0.2) is 0 Å². The maximum absolute atomic E-state index is 10.9. The highest BCUT2D eigenvalue weighted by Crippen LogP contribution is 1.82. The van der Waals surface area contributed by atoms with Crippen molar-refractivity contribution in [2.75, 3.05) is 0 Å². The zero-order valence-electron chi connectivity index (χ0n) is 8.55. The standard InChI is InChI=1S/C7H10N2O2.C2H6/c1-3-9-4-5(2)6(10)8-7(9)11;1-2/h4H,3H2,1-2H3,(H,8,10,11);1-2H3. The molecule has 0 amide bonds. The van der Waals surface area contributed by atoms with E-state index in [1.54, 1.807) is 13.1 Å². The molecule has 1 heterocycles. The molecule has 0 spiro atoms. The molecular weight excluding hydrogens is 168 g/mol. The first-order valence-corrected chi connectivity index (χ1v) is 4.45. The molecule has 1 aromatic rings. The Balaban J connectivity index is 0.000000671. The van der Waals surface area contributed by atoms with Crippen molar-refractivity contribution in [3.05, 3.63) is 32.6 Å². The van der Waals surface area contributed by atoms with Gasteiger partial charge in [-0.2, -0.15) is 0 Å². The lowest BCUT2D eigenvalue weighted by molar-refractivity contribution is 0.687. The quantitative estimate of drug-likeness (QED) is 0.704. The first kappa shape index (κ1) is 11.7. The van der Waals surface area contributed by atoms with Gasteiger partial charge in [-0.3, -0.25) is 9.78 Å². The molecule has 0 aliphatic heterocycles. The first-order chi connectivity index (χ1) is 6.15. The van der Waals surface area contributed by atoms with Gasteiger partial charge in [-0.05, 0) is 13.8 Å². The molecule has 0 aliphatic carbocycles. The van der Waals surface area contributed by atoms with Gasteiger partial charge in [0.05, 0.1) is 0 Å². The molecule has 0 unspecified atom stereocenters. The highest BCUT2D eigenvalue weighted by molar-refractivity contribution is 5.00. The minimum absolute atomic E-state index is 0.306. The molecule has 0 aromatic carbocycles. The molecule has 0 saturated carbocycles. The van der Waals surface area contributed by atoms with E-state index in [0.29, 0.717) is 12.1 Å². The van der Waals surface area contributed by atoms with E-state index in [0.717, 1.165) is 0 Å². The third-order valence-corrected chi connectivity index (χ3v) is 1.53. The normalized spacial score (nSPS) is 8.92. The van der Waals surface area contributed by atoms with E-state index in [2.05, 4.69) is 4.98 Å². The molecule has 1 aromatic heterocycles. The molecule has 4 heteroatoms. The monoisotopic (exact) mass is 184 g/mol. The van der Waals surface area contributed by atoms with Crippen molar-refractivity contribution in [3.63, 3.8) is 0 Å². The van der Waals surface area contributed by atoms with Crippen LogP contribution in [0.3, 0.4) is 0 Å². The fraction of sp³-hybridized carbons (Fsp3) is 0.556. The lowest BCUT2D eigenvalue weighted by Crippen LogP contribution is -2.30. The summed E-state index contributed by atoms with van der Waals surface area (Å²) in [5, 5.41) is 0. The van der Waals surface area contributed by atoms with Crippen molar-refractivity contribution in [2.24, 2.45) is 0 Å². The molecule has 0 saturated heterocycles. The minimum Gasteiger partial charge on any atom is -0.301 e. The van der Waals surface area contributed by atoms with E-state index in [1.807, 2.05) is 20.8 Å². The third-order valence-electron chi connectivity index (χ3n) is 1.53. The molecule has 0 aliphatic rings. The van der Waals surface area contributed by atoms with Gasteiger partial charge in [-0.15, -0.1) is 0 Å². The Morgan fingerprint density at radius 3 is 2.38 bits per heavy atom. The Morgan fingerprint density at radius 1 is 1.38 bits per heavy atom. The maximum Gasteiger partial charge on any atom is 0.328 e. The molecule has 1 rings (SSSR count). The highest BCUT2D eigenvalue weighted by Gasteiger charge is 1.96. The number of hydrogen-bond donors (Lipinski definition) is 1. The number of H-pyrrole nitrogens is 1. The Hall–Kier alpha value is -1.32. The number of aryl methyl sites for hydroxylation is 2. The van der Waals surface area contributed by atoms with Crippen LogP contribution in [-0.4, -0.2) is 9.55 Å². The number of rotatable bonds is 1. The van der Waals surface area contributed by atoms with Crippen LogP contribution in [-0.2, 0) is 6.54 Å². The van der Waals surface area contributed by atoms with E-state index < -0.39 is 0 Å². The molecule has 74 valence electrons. The fourth-order valence-electron chi connectivity index (χ4n) is 0.853. The van der Waals surface area contributed by atoms with Crippen LogP contribution in [0.1, 0.15) is 26.3 Å². The molecule has 1 N–H and O–H groups in total. The van der Waals surface area contributed by atoms with Gasteiger partial charge < -0.3 is 4.57 Å². The SMILES string of the molecule is CC.CCn1cc(C)c(=O)[nH]c1=O. The van der Waals surface area contributed by atoms with E-state index >= 15 is 0 Å². The second-order valence-corrected chi connectivity index (χ2v) is 2.36. The summed E-state index contributed by atoms with van der Waals surface area (Å²) < 4.78 is 1.46. The van der Waals surface area contributed by atoms with Crippen LogP contribution in [0.25, 0.3) is 0 Å². The predicted octanol–water partition coefficient (Wildman–Crippen LogP) is 0.891. The summed E-state index contributed by atoms with van der Waals surface area (Å²) in [6.07, 6.45) is 1.56. The average Bonchev–Trinajstić information content (AvgIpc) is 2.15. The average molecular weight is 184 g/mol. The number of aromatic nitrogens is 2. The van der Waals surface area contributed by atoms with Crippen molar-refractivity contribution in [3.8, 4) is 0 Å². The maximum atomic E-state index is 10.9. The molecule has 0 bridgehead atoms. The van der Waals surface area contributed by atoms with Gasteiger partial charge in [0.25, 0.3) is 5.56 Å². The second-order valence-electron chi connectivity index (χ2n) is 2.36. The van der Waals surface area contributed by atoms with Gasteiger partial charge in [0.1, 0.15) is 0 Å². The molecule has 0 atom stereocenters. The topological polar surface area (TPSA) is 54.9 Å². The van der Waals surface area contributed by atoms with Crippen LogP contribution < -0.4 is 11.2 Å². The van der Waals surface area contributed by atoms with Gasteiger partial charge in [0.2, 0.25) is 0 Å². The summed E-state index contributed by atoms with van der Waals surface area (Å²) in [5.41, 5.74) is -0.0887. The second kappa shape index (κ2) is 5.35. The summed E-state index contributed by atoms with van der Waals surface area (Å²) >= 11 is 0. The number of aromatic amines is 1. The summed E-state index contributed by atoms with van der Waals surface area (Å²) in [5.74, 6) is 0. The van der Waals surface area contributed by atoms with Crippen molar-refractivity contribution in [1.29, 1.82) is 0 Å². The fourth-order valence-corrected chi connectivity index (χ4v) is 0.853. The lowest BCUT2D eigenvalue weighted by atomic mass is 10.4. The van der Waals surface area contributed by atoms with Crippen molar-refractivity contribution < 1.29 is 0 Å². The van der Waals surface area contributed by atoms with Gasteiger partial charge >= 0.3 is 5.69 Å². The van der Waals surface area contributed by atoms with E-state index in [4.69, 9.17) is 0 Å². The number of nitrogens with zero attached hydrogens (tertiary/aromatic N) is 1. The first-order valence-electron chi connectivity index (χ1n) is 4.45. The van der Waals surface area contributed by atoms with Crippen molar-refractivity contribution in [2.45, 2.75) is 34.2 Å². The lowest BCUT2D eigenvalue weighted by Gasteiger charge is -1.99. The largest absolute Gasteiger partial charge is 0.328 e. The zero-order valence-corrected chi connectivity index (χ0v) is 8.55. The number of hydrogen-bond acceptors (Lipinski definition) is 2. The van der Waals surface area contributed by atoms with Crippen LogP contribution in [0.2, 0.25) is 0 Å². The van der Waals surface area contributed by atoms with Crippen LogP contribution in [0, 0.1) is 6.92 Å². The van der Waals surface area contributed by atoms with Gasteiger partial charge in [-0.25, -0.2) is 4.79 Å². The molecule has 0 radical (unpaired) electrons. The van der Waals surface area contributed by atoms with Gasteiger partial charge in [0, 0.05) is 18.3 Å². The molecule has 0 fully saturated rings. The minimum atomic E-state index is -0.344. The third kappa shape index (κ3) is 2.89. The van der Waals surface area contributed by atoms with Crippen LogP contribution in [0.15, 0.2) is 15.8 Å². The molecular formula is C9H16N2O2. The van der Waals surface area contributed by atoms with Crippen LogP contribution in [0.5, 0.6) is 0 Å². The van der Waals surface area contributed by atoms with Crippen LogP contribution >= 0.6 is 0 Å². The summed E-state index contributed by atoms with van der Waals surface area (Å²) in [6.45, 7) is 8.10. The summed E-state index contributed by atoms with van der Waals surface area (Å²) in [7, 11) is 0. The number of nitrogens with one attached hydrogen (secondary N) is 1. The zero-order chi connectivity index (χ0) is 10.4. The van der Waals surface area contributed by atoms with Crippen LogP contribution in [0.4, 0.5) is 0 Å². The predicted molar refractivity (Wildman–Crippen MR) is 53.1 cm³/mol. The highest BCUT2D eigenvalue weighted by atomic mass is 16.2. The van der Waals surface area contributed by atoms with E-state index in [1.165, 1.54) is 4.57 Å². The Morgan fingerprint density at radius 2 is 1.92 bits per heavy atom. The Kier molecular flexibility index (Phi) is 4.80. The smallest absolute Gasteiger partial charge is 0.301 e. The van der Waals surface area contributed by atoms with Crippen molar-refractivity contribution >= 4 is 0 Å². The van der Waals surface area contributed by atoms with E-state index in [-0.39, 0.29) is 11.2 Å². The Labute approximate surface area is 77.2 Å². The Bertz CT molecular complexity index is 363. The summed E-state index contributed by atoms with van der Waals surface area (Å²) in [4.78, 5) is 24.0. The molecule has 13 heavy (non-hydrogen) atoms.